The van der Waals surface area contributed by atoms with Gasteiger partial charge in [-0.1, -0.05) is 0 Å². The minimum atomic E-state index is -0.611. The maximum Gasteiger partial charge on any atom is 0.412 e. The van der Waals surface area contributed by atoms with Gasteiger partial charge in [-0.2, -0.15) is 5.10 Å². The van der Waals surface area contributed by atoms with Gasteiger partial charge in [-0.3, -0.25) is 10.00 Å². The minimum Gasteiger partial charge on any atom is -0.444 e. The number of nitrogens with zero attached hydrogens (tertiary/aromatic N) is 2. The van der Waals surface area contributed by atoms with Crippen LogP contribution in [-0.2, 0) is 11.8 Å². The predicted molar refractivity (Wildman–Crippen MR) is 91.5 cm³/mol. The summed E-state index contributed by atoms with van der Waals surface area (Å²) in [4.78, 5) is 12.0. The Hall–Kier alpha value is -2.57. The predicted octanol–water partition coefficient (Wildman–Crippen LogP) is 4.08. The van der Waals surface area contributed by atoms with Crippen molar-refractivity contribution in [1.29, 1.82) is 0 Å². The van der Waals surface area contributed by atoms with Gasteiger partial charge in [0.1, 0.15) is 11.4 Å². The lowest BCUT2D eigenvalue weighted by molar-refractivity contribution is 0.0636. The number of hydrogen-bond donors (Lipinski definition) is 2. The zero-order chi connectivity index (χ0) is 17.9. The van der Waals surface area contributed by atoms with Crippen molar-refractivity contribution in [1.82, 2.24) is 9.78 Å². The molecule has 6 nitrogen and oxygen atoms in total. The number of benzene rings is 1. The molecule has 0 radical (unpaired) electrons. The van der Waals surface area contributed by atoms with E-state index >= 15 is 0 Å². The van der Waals surface area contributed by atoms with Crippen LogP contribution in [0.15, 0.2) is 30.5 Å². The van der Waals surface area contributed by atoms with E-state index in [0.29, 0.717) is 11.4 Å². The number of halogens is 1. The maximum atomic E-state index is 13.6. The Kier molecular flexibility index (Phi) is 5.11. The monoisotopic (exact) mass is 334 g/mol. The van der Waals surface area contributed by atoms with Gasteiger partial charge in [0.25, 0.3) is 0 Å². The van der Waals surface area contributed by atoms with E-state index in [1.165, 1.54) is 18.2 Å². The highest BCUT2D eigenvalue weighted by molar-refractivity contribution is 5.89. The van der Waals surface area contributed by atoms with Gasteiger partial charge in [-0.05, 0) is 52.0 Å². The van der Waals surface area contributed by atoms with Crippen molar-refractivity contribution in [2.24, 2.45) is 7.05 Å². The van der Waals surface area contributed by atoms with Crippen molar-refractivity contribution < 1.29 is 13.9 Å². The summed E-state index contributed by atoms with van der Waals surface area (Å²) in [6.07, 6.45) is 1.10. The molecule has 0 aliphatic carbocycles. The highest BCUT2D eigenvalue weighted by atomic mass is 19.1. The van der Waals surface area contributed by atoms with Gasteiger partial charge in [-0.25, -0.2) is 9.18 Å². The molecule has 0 spiro atoms. The van der Waals surface area contributed by atoms with Crippen LogP contribution >= 0.6 is 0 Å². The Balaban J connectivity index is 2.18. The number of carbonyl (C=O) groups is 1. The van der Waals surface area contributed by atoms with Crippen LogP contribution < -0.4 is 10.6 Å². The molecule has 0 saturated carbocycles. The van der Waals surface area contributed by atoms with Crippen LogP contribution in [0.1, 0.15) is 39.4 Å². The van der Waals surface area contributed by atoms with Crippen molar-refractivity contribution in [3.63, 3.8) is 0 Å². The molecule has 7 heteroatoms. The molecule has 2 rings (SSSR count). The van der Waals surface area contributed by atoms with E-state index in [1.807, 2.05) is 20.0 Å². The number of anilines is 2. The topological polar surface area (TPSA) is 68.2 Å². The Morgan fingerprint density at radius 3 is 2.58 bits per heavy atom. The van der Waals surface area contributed by atoms with Gasteiger partial charge in [0, 0.05) is 13.2 Å². The lowest BCUT2D eigenvalue weighted by Crippen LogP contribution is -2.27. The van der Waals surface area contributed by atoms with E-state index in [0.717, 1.165) is 5.69 Å². The molecule has 1 aromatic carbocycles. The first-order valence-corrected chi connectivity index (χ1v) is 7.70. The first kappa shape index (κ1) is 17.8. The third kappa shape index (κ3) is 4.71. The summed E-state index contributed by atoms with van der Waals surface area (Å²) in [5.41, 5.74) is 1.23. The molecule has 0 bridgehead atoms. The van der Waals surface area contributed by atoms with Gasteiger partial charge in [0.05, 0.1) is 23.1 Å². The average Bonchev–Trinajstić information content (AvgIpc) is 2.86. The van der Waals surface area contributed by atoms with Gasteiger partial charge in [-0.15, -0.1) is 0 Å². The van der Waals surface area contributed by atoms with Gasteiger partial charge in [0.2, 0.25) is 0 Å². The number of carbonyl (C=O) groups excluding carboxylic acids is 1. The average molecular weight is 334 g/mol. The van der Waals surface area contributed by atoms with Crippen molar-refractivity contribution in [2.75, 3.05) is 10.6 Å². The second-order valence-corrected chi connectivity index (χ2v) is 6.56. The number of nitrogens with one attached hydrogen (secondary N) is 2. The molecule has 0 aliphatic heterocycles. The molecule has 2 N–H and O–H groups in total. The number of aromatic nitrogens is 2. The molecular formula is C17H23FN4O2. The Labute approximate surface area is 141 Å². The van der Waals surface area contributed by atoms with E-state index < -0.39 is 17.5 Å². The fourth-order valence-corrected chi connectivity index (χ4v) is 2.27. The largest absolute Gasteiger partial charge is 0.444 e. The van der Waals surface area contributed by atoms with Crippen LogP contribution in [0.3, 0.4) is 0 Å². The molecule has 2 aromatic rings. The summed E-state index contributed by atoms with van der Waals surface area (Å²) in [7, 11) is 1.83. The van der Waals surface area contributed by atoms with Gasteiger partial charge in [0.15, 0.2) is 0 Å². The summed E-state index contributed by atoms with van der Waals surface area (Å²) in [6.45, 7) is 7.27. The fourth-order valence-electron chi connectivity index (χ4n) is 2.27. The SMILES string of the molecule is CC(Nc1cc(F)ccc1NC(=O)OC(C)(C)C)c1ccnn1C. The Bertz CT molecular complexity index is 722. The number of hydrogen-bond acceptors (Lipinski definition) is 4. The van der Waals surface area contributed by atoms with Crippen LogP contribution in [0.4, 0.5) is 20.6 Å². The van der Waals surface area contributed by atoms with Crippen molar-refractivity contribution in [2.45, 2.75) is 39.3 Å². The quantitative estimate of drug-likeness (QED) is 0.884. The zero-order valence-corrected chi connectivity index (χ0v) is 14.6. The lowest BCUT2D eigenvalue weighted by Gasteiger charge is -2.22. The maximum absolute atomic E-state index is 13.6. The summed E-state index contributed by atoms with van der Waals surface area (Å²) in [5.74, 6) is -0.399. The molecule has 1 unspecified atom stereocenters. The molecule has 1 amide bonds. The summed E-state index contributed by atoms with van der Waals surface area (Å²) in [6, 6.07) is 5.86. The number of amides is 1. The van der Waals surface area contributed by atoms with E-state index in [-0.39, 0.29) is 6.04 Å². The smallest absolute Gasteiger partial charge is 0.412 e. The van der Waals surface area contributed by atoms with Crippen LogP contribution in [0, 0.1) is 5.82 Å². The van der Waals surface area contributed by atoms with E-state index in [2.05, 4.69) is 15.7 Å². The third-order valence-corrected chi connectivity index (χ3v) is 3.29. The van der Waals surface area contributed by atoms with Gasteiger partial charge < -0.3 is 10.1 Å². The molecule has 0 saturated heterocycles. The number of aryl methyl sites for hydroxylation is 1. The Morgan fingerprint density at radius 1 is 1.29 bits per heavy atom. The summed E-state index contributed by atoms with van der Waals surface area (Å²) >= 11 is 0. The summed E-state index contributed by atoms with van der Waals surface area (Å²) in [5, 5.41) is 9.96. The molecule has 0 fully saturated rings. The first-order chi connectivity index (χ1) is 11.2. The van der Waals surface area contributed by atoms with E-state index in [1.54, 1.807) is 31.6 Å². The minimum absolute atomic E-state index is 0.126. The lowest BCUT2D eigenvalue weighted by atomic mass is 10.2. The number of rotatable bonds is 4. The van der Waals surface area contributed by atoms with Crippen LogP contribution in [0.2, 0.25) is 0 Å². The Morgan fingerprint density at radius 2 is 2.00 bits per heavy atom. The molecule has 0 aliphatic rings. The molecule has 1 atom stereocenters. The first-order valence-electron chi connectivity index (χ1n) is 7.70. The highest BCUT2D eigenvalue weighted by Crippen LogP contribution is 2.27. The third-order valence-electron chi connectivity index (χ3n) is 3.29. The highest BCUT2D eigenvalue weighted by Gasteiger charge is 2.18. The summed E-state index contributed by atoms with van der Waals surface area (Å²) < 4.78 is 20.6. The molecule has 24 heavy (non-hydrogen) atoms. The molecule has 1 heterocycles. The second-order valence-electron chi connectivity index (χ2n) is 6.56. The number of ether oxygens (including phenoxy) is 1. The van der Waals surface area contributed by atoms with Crippen molar-refractivity contribution >= 4 is 17.5 Å². The van der Waals surface area contributed by atoms with Crippen LogP contribution in [0.25, 0.3) is 0 Å². The molecular weight excluding hydrogens is 311 g/mol. The normalized spacial score (nSPS) is 12.6. The fraction of sp³-hybridized carbons (Fsp3) is 0.412. The van der Waals surface area contributed by atoms with Crippen molar-refractivity contribution in [3.05, 3.63) is 42.0 Å². The standard InChI is InChI=1S/C17H23FN4O2/c1-11(15-8-9-19-22(15)5)20-14-10-12(18)6-7-13(14)21-16(23)24-17(2,3)4/h6-11,20H,1-5H3,(H,21,23). The van der Waals surface area contributed by atoms with Crippen molar-refractivity contribution in [3.8, 4) is 0 Å². The zero-order valence-electron chi connectivity index (χ0n) is 14.6. The van der Waals surface area contributed by atoms with E-state index in [4.69, 9.17) is 4.74 Å². The molecule has 130 valence electrons. The van der Waals surface area contributed by atoms with Crippen LogP contribution in [0.5, 0.6) is 0 Å². The van der Waals surface area contributed by atoms with E-state index in [9.17, 15) is 9.18 Å². The van der Waals surface area contributed by atoms with Crippen LogP contribution in [-0.4, -0.2) is 21.5 Å². The second kappa shape index (κ2) is 6.90. The molecule has 1 aromatic heterocycles. The van der Waals surface area contributed by atoms with Gasteiger partial charge >= 0.3 is 6.09 Å².